The SMILES string of the molecule is COc1cc(C2/C(=C(\O)c3ccccc3)C(=O)C(=O)N2c2nc3ccc(Cl)cc3s2)ccc1OCCC(C)C. The molecule has 0 aliphatic carbocycles. The number of amides is 1. The predicted molar refractivity (Wildman–Crippen MR) is 154 cm³/mol. The number of hydrogen-bond donors (Lipinski definition) is 1. The molecule has 0 radical (unpaired) electrons. The molecule has 1 N–H and O–H groups in total. The van der Waals surface area contributed by atoms with E-state index in [-0.39, 0.29) is 11.3 Å². The van der Waals surface area contributed by atoms with Crippen LogP contribution in [-0.2, 0) is 9.59 Å². The van der Waals surface area contributed by atoms with Crippen molar-refractivity contribution in [3.63, 3.8) is 0 Å². The summed E-state index contributed by atoms with van der Waals surface area (Å²) in [6, 6.07) is 18.3. The van der Waals surface area contributed by atoms with Gasteiger partial charge in [-0.15, -0.1) is 0 Å². The lowest BCUT2D eigenvalue weighted by Gasteiger charge is -2.24. The van der Waals surface area contributed by atoms with E-state index in [0.29, 0.717) is 50.8 Å². The Morgan fingerprint density at radius 1 is 1.08 bits per heavy atom. The largest absolute Gasteiger partial charge is 0.507 e. The van der Waals surface area contributed by atoms with Crippen LogP contribution in [0.1, 0.15) is 37.4 Å². The van der Waals surface area contributed by atoms with Crippen LogP contribution in [0.15, 0.2) is 72.3 Å². The lowest BCUT2D eigenvalue weighted by atomic mass is 9.95. The van der Waals surface area contributed by atoms with Gasteiger partial charge in [-0.2, -0.15) is 0 Å². The lowest BCUT2D eigenvalue weighted by Crippen LogP contribution is -2.29. The third kappa shape index (κ3) is 5.22. The van der Waals surface area contributed by atoms with Crippen molar-refractivity contribution in [2.24, 2.45) is 5.92 Å². The molecule has 1 aliphatic rings. The maximum Gasteiger partial charge on any atom is 0.301 e. The summed E-state index contributed by atoms with van der Waals surface area (Å²) >= 11 is 7.42. The number of anilines is 1. The van der Waals surface area contributed by atoms with Crippen molar-refractivity contribution in [1.82, 2.24) is 4.98 Å². The van der Waals surface area contributed by atoms with Crippen molar-refractivity contribution in [3.05, 3.63) is 88.5 Å². The van der Waals surface area contributed by atoms with Crippen molar-refractivity contribution >= 4 is 55.7 Å². The van der Waals surface area contributed by atoms with Crippen molar-refractivity contribution in [2.45, 2.75) is 26.3 Å². The van der Waals surface area contributed by atoms with E-state index in [1.807, 2.05) is 6.07 Å². The molecule has 1 unspecified atom stereocenters. The fourth-order valence-electron chi connectivity index (χ4n) is 4.46. The highest BCUT2D eigenvalue weighted by molar-refractivity contribution is 7.22. The first-order valence-corrected chi connectivity index (χ1v) is 13.7. The minimum Gasteiger partial charge on any atom is -0.507 e. The molecule has 1 amide bonds. The van der Waals surface area contributed by atoms with Gasteiger partial charge < -0.3 is 14.6 Å². The van der Waals surface area contributed by atoms with Crippen LogP contribution >= 0.6 is 22.9 Å². The number of halogens is 1. The zero-order valence-electron chi connectivity index (χ0n) is 21.7. The summed E-state index contributed by atoms with van der Waals surface area (Å²) in [5, 5.41) is 12.2. The normalized spacial score (nSPS) is 16.8. The average Bonchev–Trinajstić information content (AvgIpc) is 3.46. The van der Waals surface area contributed by atoms with Gasteiger partial charge in [0.05, 0.1) is 35.5 Å². The summed E-state index contributed by atoms with van der Waals surface area (Å²) in [5.41, 5.74) is 1.61. The van der Waals surface area contributed by atoms with Gasteiger partial charge in [0.1, 0.15) is 5.76 Å². The van der Waals surface area contributed by atoms with E-state index in [9.17, 15) is 14.7 Å². The van der Waals surface area contributed by atoms with Crippen LogP contribution in [-0.4, -0.2) is 35.5 Å². The Bertz CT molecular complexity index is 1580. The van der Waals surface area contributed by atoms with E-state index in [2.05, 4.69) is 18.8 Å². The number of methoxy groups -OCH3 is 1. The number of ether oxygens (including phenoxy) is 2. The number of ketones is 1. The van der Waals surface area contributed by atoms with Gasteiger partial charge in [0.2, 0.25) is 0 Å². The number of carbonyl (C=O) groups is 2. The molecule has 2 heterocycles. The topological polar surface area (TPSA) is 89.0 Å². The molecule has 1 aromatic heterocycles. The second-order valence-electron chi connectivity index (χ2n) is 9.58. The number of benzene rings is 3. The van der Waals surface area contributed by atoms with Gasteiger partial charge in [-0.25, -0.2) is 4.98 Å². The molecular formula is C30H27ClN2O5S. The molecular weight excluding hydrogens is 536 g/mol. The molecule has 1 aliphatic heterocycles. The molecule has 200 valence electrons. The van der Waals surface area contributed by atoms with Gasteiger partial charge in [-0.05, 0) is 48.2 Å². The first-order valence-electron chi connectivity index (χ1n) is 12.5. The number of aliphatic hydroxyl groups excluding tert-OH is 1. The molecule has 5 rings (SSSR count). The lowest BCUT2D eigenvalue weighted by molar-refractivity contribution is -0.132. The van der Waals surface area contributed by atoms with Crippen molar-refractivity contribution < 1.29 is 24.2 Å². The average molecular weight is 563 g/mol. The highest BCUT2D eigenvalue weighted by atomic mass is 35.5. The van der Waals surface area contributed by atoms with Gasteiger partial charge in [0.25, 0.3) is 5.78 Å². The van der Waals surface area contributed by atoms with E-state index < -0.39 is 17.7 Å². The molecule has 7 nitrogen and oxygen atoms in total. The summed E-state index contributed by atoms with van der Waals surface area (Å²) in [6.45, 7) is 4.76. The highest BCUT2D eigenvalue weighted by Gasteiger charge is 2.48. The van der Waals surface area contributed by atoms with Crippen molar-refractivity contribution in [2.75, 3.05) is 18.6 Å². The number of Topliss-reactive ketones (excluding diaryl/α,β-unsaturated/α-hetero) is 1. The molecule has 9 heteroatoms. The first-order chi connectivity index (χ1) is 18.8. The van der Waals surface area contributed by atoms with Crippen LogP contribution < -0.4 is 14.4 Å². The number of thiazole rings is 1. The fourth-order valence-corrected chi connectivity index (χ4v) is 5.73. The second kappa shape index (κ2) is 11.1. The first kappa shape index (κ1) is 26.7. The van der Waals surface area contributed by atoms with Crippen LogP contribution in [0.5, 0.6) is 11.5 Å². The molecule has 0 bridgehead atoms. The summed E-state index contributed by atoms with van der Waals surface area (Å²) in [4.78, 5) is 33.0. The maximum atomic E-state index is 13.5. The number of nitrogens with zero attached hydrogens (tertiary/aromatic N) is 2. The molecule has 39 heavy (non-hydrogen) atoms. The van der Waals surface area contributed by atoms with Gasteiger partial charge in [0.15, 0.2) is 16.6 Å². The highest BCUT2D eigenvalue weighted by Crippen LogP contribution is 2.46. The van der Waals surface area contributed by atoms with E-state index in [1.54, 1.807) is 60.7 Å². The van der Waals surface area contributed by atoms with E-state index >= 15 is 0 Å². The predicted octanol–water partition coefficient (Wildman–Crippen LogP) is 7.01. The van der Waals surface area contributed by atoms with Crippen molar-refractivity contribution in [3.8, 4) is 11.5 Å². The Kier molecular flexibility index (Phi) is 7.59. The van der Waals surface area contributed by atoms with Gasteiger partial charge in [0, 0.05) is 10.6 Å². The summed E-state index contributed by atoms with van der Waals surface area (Å²) in [6.07, 6.45) is 0.879. The minimum absolute atomic E-state index is 0.0287. The number of hydrogen-bond acceptors (Lipinski definition) is 7. The summed E-state index contributed by atoms with van der Waals surface area (Å²) < 4.78 is 12.3. The number of rotatable bonds is 8. The van der Waals surface area contributed by atoms with E-state index in [4.69, 9.17) is 21.1 Å². The monoisotopic (exact) mass is 562 g/mol. The quantitative estimate of drug-likeness (QED) is 0.141. The van der Waals surface area contributed by atoms with Crippen molar-refractivity contribution in [1.29, 1.82) is 0 Å². The fraction of sp³-hybridized carbons (Fsp3) is 0.233. The van der Waals surface area contributed by atoms with Crippen LogP contribution in [0.4, 0.5) is 5.13 Å². The standard InChI is InChI=1S/C30H27ClN2O5S/c1-17(2)13-14-38-22-12-9-19(15-23(22)37-3)26-25(27(34)18-7-5-4-6-8-18)28(35)29(36)33(26)30-32-21-11-10-20(31)16-24(21)39-30/h4-12,15-17,26,34H,13-14H2,1-3H3/b27-25+. The number of aliphatic hydroxyl groups is 1. The third-order valence-electron chi connectivity index (χ3n) is 6.49. The zero-order chi connectivity index (χ0) is 27.7. The molecule has 1 atom stereocenters. The van der Waals surface area contributed by atoms with Crippen LogP contribution in [0, 0.1) is 5.92 Å². The number of aromatic nitrogens is 1. The summed E-state index contributed by atoms with van der Waals surface area (Å²) in [7, 11) is 1.53. The van der Waals surface area contributed by atoms with Crippen LogP contribution in [0.25, 0.3) is 16.0 Å². The molecule has 3 aromatic carbocycles. The van der Waals surface area contributed by atoms with E-state index in [0.717, 1.165) is 11.1 Å². The minimum atomic E-state index is -0.945. The smallest absolute Gasteiger partial charge is 0.301 e. The van der Waals surface area contributed by atoms with Gasteiger partial charge in [-0.1, -0.05) is 73.2 Å². The summed E-state index contributed by atoms with van der Waals surface area (Å²) in [5.74, 6) is -0.346. The zero-order valence-corrected chi connectivity index (χ0v) is 23.3. The number of carbonyl (C=O) groups excluding carboxylic acids is 2. The molecule has 0 spiro atoms. The Labute approximate surface area is 235 Å². The molecule has 0 saturated carbocycles. The van der Waals surface area contributed by atoms with E-state index in [1.165, 1.54) is 23.3 Å². The van der Waals surface area contributed by atoms with Gasteiger partial charge in [-0.3, -0.25) is 14.5 Å². The Morgan fingerprint density at radius 2 is 1.85 bits per heavy atom. The Morgan fingerprint density at radius 3 is 2.56 bits per heavy atom. The molecule has 1 saturated heterocycles. The number of fused-ring (bicyclic) bond motifs is 1. The van der Waals surface area contributed by atoms with Gasteiger partial charge >= 0.3 is 5.91 Å². The maximum absolute atomic E-state index is 13.5. The Balaban J connectivity index is 1.66. The second-order valence-corrected chi connectivity index (χ2v) is 11.0. The van der Waals surface area contributed by atoms with Crippen LogP contribution in [0.3, 0.4) is 0 Å². The molecule has 1 fully saturated rings. The Hall–Kier alpha value is -3.88. The van der Waals surface area contributed by atoms with Crippen LogP contribution in [0.2, 0.25) is 5.02 Å². The molecule has 4 aromatic rings. The third-order valence-corrected chi connectivity index (χ3v) is 7.75.